The summed E-state index contributed by atoms with van der Waals surface area (Å²) in [6, 6.07) is 22.2. The van der Waals surface area contributed by atoms with Gasteiger partial charge in [-0.2, -0.15) is 0 Å². The van der Waals surface area contributed by atoms with Gasteiger partial charge in [0.25, 0.3) is 5.56 Å². The number of hydrogen-bond donors (Lipinski definition) is 0. The third-order valence-corrected chi connectivity index (χ3v) is 6.92. The number of para-hydroxylation sites is 1. The number of rotatable bonds is 4. The van der Waals surface area contributed by atoms with Crippen LogP contribution in [0.2, 0.25) is 0 Å². The number of ether oxygens (including phenoxy) is 1. The van der Waals surface area contributed by atoms with E-state index in [0.29, 0.717) is 11.8 Å². The summed E-state index contributed by atoms with van der Waals surface area (Å²) in [6.07, 6.45) is 1.13. The molecule has 0 spiro atoms. The predicted octanol–water partition coefficient (Wildman–Crippen LogP) is 4.89. The summed E-state index contributed by atoms with van der Waals surface area (Å²) in [4.78, 5) is 15.3. The second-order valence-electron chi connectivity index (χ2n) is 9.05. The normalized spacial score (nSPS) is 20.3. The maximum Gasteiger partial charge on any atom is 0.250 e. The Balaban J connectivity index is 1.33. The second kappa shape index (κ2) is 7.68. The molecular formula is C27H26N2O3. The minimum Gasteiger partial charge on any atom is -0.497 e. The molecule has 1 saturated heterocycles. The number of pyridine rings is 1. The van der Waals surface area contributed by atoms with Crippen molar-refractivity contribution in [1.29, 1.82) is 0 Å². The van der Waals surface area contributed by atoms with Crippen molar-refractivity contribution in [2.45, 2.75) is 25.4 Å². The number of hydrogen-bond acceptors (Lipinski definition) is 4. The molecule has 0 N–H and O–H groups in total. The van der Waals surface area contributed by atoms with Gasteiger partial charge in [-0.25, -0.2) is 0 Å². The lowest BCUT2D eigenvalue weighted by atomic mass is 9.80. The van der Waals surface area contributed by atoms with Gasteiger partial charge >= 0.3 is 0 Å². The van der Waals surface area contributed by atoms with Gasteiger partial charge in [-0.15, -0.1) is 0 Å². The van der Waals surface area contributed by atoms with Gasteiger partial charge in [0.05, 0.1) is 13.7 Å². The SMILES string of the molecule is COc1ccc(-c2ccc(=O)n3c2C2CC(CN(Cc4cc5ccccc5o4)C2)C3)cc1. The third kappa shape index (κ3) is 3.33. The largest absolute Gasteiger partial charge is 0.497 e. The Morgan fingerprint density at radius 1 is 1.00 bits per heavy atom. The van der Waals surface area contributed by atoms with Gasteiger partial charge < -0.3 is 13.7 Å². The number of likely N-dealkylation sites (tertiary alicyclic amines) is 1. The molecule has 1 fully saturated rings. The number of furan rings is 1. The first-order chi connectivity index (χ1) is 15.7. The summed E-state index contributed by atoms with van der Waals surface area (Å²) in [7, 11) is 1.68. The molecule has 4 aromatic rings. The van der Waals surface area contributed by atoms with Crippen molar-refractivity contribution >= 4 is 11.0 Å². The highest BCUT2D eigenvalue weighted by Crippen LogP contribution is 2.40. The molecule has 4 heterocycles. The van der Waals surface area contributed by atoms with E-state index in [4.69, 9.17) is 9.15 Å². The molecular weight excluding hydrogens is 400 g/mol. The molecule has 5 nitrogen and oxygen atoms in total. The van der Waals surface area contributed by atoms with Crippen molar-refractivity contribution in [1.82, 2.24) is 9.47 Å². The molecule has 2 aliphatic rings. The number of methoxy groups -OCH3 is 1. The van der Waals surface area contributed by atoms with Crippen molar-refractivity contribution in [2.24, 2.45) is 5.92 Å². The van der Waals surface area contributed by atoms with Crippen molar-refractivity contribution in [3.63, 3.8) is 0 Å². The minimum absolute atomic E-state index is 0.109. The quantitative estimate of drug-likeness (QED) is 0.466. The Morgan fingerprint density at radius 3 is 2.66 bits per heavy atom. The van der Waals surface area contributed by atoms with Crippen LogP contribution in [0, 0.1) is 5.92 Å². The Labute approximate surface area is 186 Å². The summed E-state index contributed by atoms with van der Waals surface area (Å²) in [6.45, 7) is 3.51. The Morgan fingerprint density at radius 2 is 1.84 bits per heavy atom. The van der Waals surface area contributed by atoms with Crippen molar-refractivity contribution < 1.29 is 9.15 Å². The molecule has 0 aliphatic carbocycles. The zero-order chi connectivity index (χ0) is 21.7. The molecule has 32 heavy (non-hydrogen) atoms. The van der Waals surface area contributed by atoms with Crippen LogP contribution in [0.4, 0.5) is 0 Å². The van der Waals surface area contributed by atoms with Crippen molar-refractivity contribution in [2.75, 3.05) is 20.2 Å². The molecule has 2 aliphatic heterocycles. The van der Waals surface area contributed by atoms with Crippen LogP contribution >= 0.6 is 0 Å². The summed E-state index contributed by atoms with van der Waals surface area (Å²) in [5.74, 6) is 2.66. The molecule has 0 saturated carbocycles. The predicted molar refractivity (Wildman–Crippen MR) is 125 cm³/mol. The van der Waals surface area contributed by atoms with E-state index in [1.165, 1.54) is 5.69 Å². The van der Waals surface area contributed by atoms with Crippen LogP contribution in [0.5, 0.6) is 5.75 Å². The molecule has 162 valence electrons. The van der Waals surface area contributed by atoms with E-state index in [0.717, 1.165) is 66.2 Å². The summed E-state index contributed by atoms with van der Waals surface area (Å²) in [5, 5.41) is 1.15. The van der Waals surface area contributed by atoms with Gasteiger partial charge in [-0.3, -0.25) is 9.69 Å². The third-order valence-electron chi connectivity index (χ3n) is 6.92. The second-order valence-corrected chi connectivity index (χ2v) is 9.05. The Hall–Kier alpha value is -3.31. The molecule has 6 rings (SSSR count). The number of aromatic nitrogens is 1. The summed E-state index contributed by atoms with van der Waals surface area (Å²) in [5.41, 5.74) is 4.51. The van der Waals surface area contributed by atoms with E-state index in [1.54, 1.807) is 13.2 Å². The van der Waals surface area contributed by atoms with Crippen LogP contribution in [0.1, 0.15) is 23.8 Å². The van der Waals surface area contributed by atoms with Crippen LogP contribution in [0.25, 0.3) is 22.1 Å². The van der Waals surface area contributed by atoms with Crippen LogP contribution < -0.4 is 10.3 Å². The van der Waals surface area contributed by atoms with Crippen molar-refractivity contribution in [3.8, 4) is 16.9 Å². The molecule has 5 heteroatoms. The monoisotopic (exact) mass is 426 g/mol. The fraction of sp³-hybridized carbons (Fsp3) is 0.296. The number of nitrogens with zero attached hydrogens (tertiary/aromatic N) is 2. The lowest BCUT2D eigenvalue weighted by molar-refractivity contribution is 0.109. The lowest BCUT2D eigenvalue weighted by Gasteiger charge is -2.43. The Bertz CT molecular complexity index is 1300. The van der Waals surface area contributed by atoms with E-state index in [2.05, 4.69) is 29.2 Å². The fourth-order valence-corrected chi connectivity index (χ4v) is 5.59. The average molecular weight is 427 g/mol. The van der Waals surface area contributed by atoms with Gasteiger partial charge in [0.15, 0.2) is 0 Å². The Kier molecular flexibility index (Phi) is 4.65. The van der Waals surface area contributed by atoms with Crippen molar-refractivity contribution in [3.05, 3.63) is 88.5 Å². The standard InChI is InChI=1S/C27H26N2O3/c1-31-22-8-6-19(7-9-22)24-10-11-26(30)29-15-18-12-21(27(24)29)16-28(14-18)17-23-13-20-4-2-3-5-25(20)32-23/h2-11,13,18,21H,12,14-17H2,1H3. The van der Waals surface area contributed by atoms with Gasteiger partial charge in [0, 0.05) is 48.3 Å². The summed E-state index contributed by atoms with van der Waals surface area (Å²) < 4.78 is 13.4. The number of benzene rings is 2. The molecule has 0 amide bonds. The topological polar surface area (TPSA) is 47.6 Å². The maximum atomic E-state index is 12.8. The van der Waals surface area contributed by atoms with E-state index in [-0.39, 0.29) is 5.56 Å². The maximum absolute atomic E-state index is 12.8. The van der Waals surface area contributed by atoms with E-state index in [9.17, 15) is 4.79 Å². The summed E-state index contributed by atoms with van der Waals surface area (Å²) >= 11 is 0. The van der Waals surface area contributed by atoms with E-state index in [1.807, 2.05) is 41.0 Å². The smallest absolute Gasteiger partial charge is 0.250 e. The zero-order valence-electron chi connectivity index (χ0n) is 18.2. The van der Waals surface area contributed by atoms with Gasteiger partial charge in [-0.1, -0.05) is 30.3 Å². The lowest BCUT2D eigenvalue weighted by Crippen LogP contribution is -2.46. The van der Waals surface area contributed by atoms with Crippen LogP contribution in [-0.2, 0) is 13.1 Å². The molecule has 2 atom stereocenters. The highest BCUT2D eigenvalue weighted by molar-refractivity contribution is 5.77. The van der Waals surface area contributed by atoms with Crippen LogP contribution in [0.15, 0.2) is 75.9 Å². The highest BCUT2D eigenvalue weighted by Gasteiger charge is 2.36. The first-order valence-corrected chi connectivity index (χ1v) is 11.3. The molecule has 0 radical (unpaired) electrons. The fourth-order valence-electron chi connectivity index (χ4n) is 5.59. The number of piperidine rings is 1. The van der Waals surface area contributed by atoms with Crippen LogP contribution in [-0.4, -0.2) is 29.7 Å². The number of fused-ring (bicyclic) bond motifs is 5. The highest BCUT2D eigenvalue weighted by atomic mass is 16.5. The van der Waals surface area contributed by atoms with E-state index >= 15 is 0 Å². The zero-order valence-corrected chi connectivity index (χ0v) is 18.2. The first kappa shape index (κ1) is 19.4. The van der Waals surface area contributed by atoms with Gasteiger partial charge in [-0.05, 0) is 48.2 Å². The minimum atomic E-state index is 0.109. The molecule has 2 aromatic heterocycles. The first-order valence-electron chi connectivity index (χ1n) is 11.3. The molecule has 2 bridgehead atoms. The van der Waals surface area contributed by atoms with Crippen LogP contribution in [0.3, 0.4) is 0 Å². The van der Waals surface area contributed by atoms with E-state index < -0.39 is 0 Å². The van der Waals surface area contributed by atoms with Gasteiger partial charge in [0.2, 0.25) is 0 Å². The van der Waals surface area contributed by atoms with Gasteiger partial charge in [0.1, 0.15) is 17.1 Å². The molecule has 2 aromatic carbocycles. The molecule has 2 unspecified atom stereocenters. The average Bonchev–Trinajstić information content (AvgIpc) is 3.22.